The van der Waals surface area contributed by atoms with Gasteiger partial charge in [0.2, 0.25) is 10.0 Å². The van der Waals surface area contributed by atoms with E-state index in [0.717, 1.165) is 12.1 Å². The number of rotatable bonds is 6. The van der Waals surface area contributed by atoms with Gasteiger partial charge in [-0.15, -0.1) is 0 Å². The summed E-state index contributed by atoms with van der Waals surface area (Å²) >= 11 is 6.12. The summed E-state index contributed by atoms with van der Waals surface area (Å²) in [7, 11) is -3.04. The maximum atomic E-state index is 11.7. The van der Waals surface area contributed by atoms with Gasteiger partial charge in [-0.2, -0.15) is 0 Å². The number of guanidine groups is 1. The summed E-state index contributed by atoms with van der Waals surface area (Å²) in [5, 5.41) is 7.00. The second-order valence-corrected chi connectivity index (χ2v) is 7.78. The predicted octanol–water partition coefficient (Wildman–Crippen LogP) is 1.43. The van der Waals surface area contributed by atoms with Gasteiger partial charge >= 0.3 is 0 Å². The number of hydrogen-bond acceptors (Lipinski definition) is 3. The Bertz CT molecular complexity index is 649. The van der Waals surface area contributed by atoms with Gasteiger partial charge in [0.25, 0.3) is 0 Å². The molecule has 0 unspecified atom stereocenters. The van der Waals surface area contributed by atoms with Crippen LogP contribution in [0.4, 0.5) is 0 Å². The SMILES string of the molecule is CCNC(=NCc1ccccc1Cl)NCCN1CCCS1(=O)=O. The average Bonchev–Trinajstić information content (AvgIpc) is 2.85. The van der Waals surface area contributed by atoms with E-state index in [1.165, 1.54) is 4.31 Å². The van der Waals surface area contributed by atoms with Crippen LogP contribution in [0.3, 0.4) is 0 Å². The highest BCUT2D eigenvalue weighted by Crippen LogP contribution is 2.15. The molecule has 1 saturated heterocycles. The summed E-state index contributed by atoms with van der Waals surface area (Å²) < 4.78 is 25.0. The lowest BCUT2D eigenvalue weighted by atomic mass is 10.2. The van der Waals surface area contributed by atoms with Gasteiger partial charge in [0, 0.05) is 31.2 Å². The van der Waals surface area contributed by atoms with E-state index < -0.39 is 10.0 Å². The molecular weight excluding hydrogens is 336 g/mol. The fraction of sp³-hybridized carbons (Fsp3) is 0.533. The molecule has 1 aromatic carbocycles. The van der Waals surface area contributed by atoms with Crippen molar-refractivity contribution < 1.29 is 8.42 Å². The Kier molecular flexibility index (Phi) is 6.68. The third-order valence-electron chi connectivity index (χ3n) is 3.57. The molecule has 0 spiro atoms. The third-order valence-corrected chi connectivity index (χ3v) is 5.89. The summed E-state index contributed by atoms with van der Waals surface area (Å²) in [5.74, 6) is 0.914. The van der Waals surface area contributed by atoms with Gasteiger partial charge in [-0.3, -0.25) is 0 Å². The number of halogens is 1. The van der Waals surface area contributed by atoms with Crippen LogP contribution in [-0.2, 0) is 16.6 Å². The smallest absolute Gasteiger partial charge is 0.214 e. The van der Waals surface area contributed by atoms with Gasteiger partial charge < -0.3 is 10.6 Å². The molecule has 0 radical (unpaired) electrons. The number of aliphatic imine (C=N–C) groups is 1. The van der Waals surface area contributed by atoms with Crippen molar-refractivity contribution in [2.24, 2.45) is 4.99 Å². The van der Waals surface area contributed by atoms with Gasteiger partial charge in [-0.1, -0.05) is 29.8 Å². The van der Waals surface area contributed by atoms with E-state index in [-0.39, 0.29) is 5.75 Å². The molecule has 8 heteroatoms. The fourth-order valence-corrected chi connectivity index (χ4v) is 4.10. The highest BCUT2D eigenvalue weighted by atomic mass is 35.5. The van der Waals surface area contributed by atoms with Gasteiger partial charge in [-0.25, -0.2) is 17.7 Å². The minimum atomic E-state index is -3.04. The second-order valence-electron chi connectivity index (χ2n) is 5.28. The summed E-state index contributed by atoms with van der Waals surface area (Å²) in [6.07, 6.45) is 0.711. The quantitative estimate of drug-likeness (QED) is 0.596. The molecule has 2 rings (SSSR count). The zero-order valence-corrected chi connectivity index (χ0v) is 14.8. The Hall–Kier alpha value is -1.31. The Morgan fingerprint density at radius 2 is 2.13 bits per heavy atom. The van der Waals surface area contributed by atoms with Gasteiger partial charge in [0.1, 0.15) is 0 Å². The van der Waals surface area contributed by atoms with Crippen LogP contribution in [-0.4, -0.2) is 50.6 Å². The van der Waals surface area contributed by atoms with Crippen molar-refractivity contribution in [2.45, 2.75) is 19.9 Å². The van der Waals surface area contributed by atoms with Crippen molar-refractivity contribution in [2.75, 3.05) is 31.9 Å². The van der Waals surface area contributed by atoms with E-state index in [1.54, 1.807) is 0 Å². The Morgan fingerprint density at radius 1 is 1.35 bits per heavy atom. The van der Waals surface area contributed by atoms with Gasteiger partial charge in [-0.05, 0) is 25.0 Å². The fourth-order valence-electron chi connectivity index (χ4n) is 2.37. The average molecular weight is 359 g/mol. The first-order chi connectivity index (χ1) is 11.0. The van der Waals surface area contributed by atoms with E-state index in [2.05, 4.69) is 15.6 Å². The topological polar surface area (TPSA) is 73.8 Å². The summed E-state index contributed by atoms with van der Waals surface area (Å²) in [6, 6.07) is 7.59. The number of benzene rings is 1. The van der Waals surface area contributed by atoms with Crippen molar-refractivity contribution in [3.63, 3.8) is 0 Å². The minimum absolute atomic E-state index is 0.258. The summed E-state index contributed by atoms with van der Waals surface area (Å²) in [4.78, 5) is 4.49. The molecule has 2 N–H and O–H groups in total. The zero-order chi connectivity index (χ0) is 16.7. The van der Waals surface area contributed by atoms with Crippen LogP contribution in [0.15, 0.2) is 29.3 Å². The molecule has 1 heterocycles. The molecule has 1 aliphatic rings. The van der Waals surface area contributed by atoms with E-state index >= 15 is 0 Å². The van der Waals surface area contributed by atoms with Gasteiger partial charge in [0.15, 0.2) is 5.96 Å². The van der Waals surface area contributed by atoms with Crippen LogP contribution < -0.4 is 10.6 Å². The van der Waals surface area contributed by atoms with Crippen molar-refractivity contribution in [1.29, 1.82) is 0 Å². The molecule has 23 heavy (non-hydrogen) atoms. The molecule has 0 aliphatic carbocycles. The molecule has 0 atom stereocenters. The molecule has 1 aromatic rings. The Morgan fingerprint density at radius 3 is 2.78 bits per heavy atom. The lowest BCUT2D eigenvalue weighted by molar-refractivity contribution is 0.445. The molecule has 0 aromatic heterocycles. The van der Waals surface area contributed by atoms with Crippen molar-refractivity contribution >= 4 is 27.6 Å². The normalized spacial score (nSPS) is 18.1. The Balaban J connectivity index is 1.88. The van der Waals surface area contributed by atoms with E-state index in [4.69, 9.17) is 11.6 Å². The predicted molar refractivity (Wildman–Crippen MR) is 94.2 cm³/mol. The monoisotopic (exact) mass is 358 g/mol. The van der Waals surface area contributed by atoms with Crippen molar-refractivity contribution in [3.8, 4) is 0 Å². The molecule has 6 nitrogen and oxygen atoms in total. The third kappa shape index (κ3) is 5.37. The highest BCUT2D eigenvalue weighted by Gasteiger charge is 2.27. The van der Waals surface area contributed by atoms with Crippen LogP contribution >= 0.6 is 11.6 Å². The minimum Gasteiger partial charge on any atom is -0.357 e. The van der Waals surface area contributed by atoms with Crippen molar-refractivity contribution in [3.05, 3.63) is 34.9 Å². The van der Waals surface area contributed by atoms with Gasteiger partial charge in [0.05, 0.1) is 12.3 Å². The van der Waals surface area contributed by atoms with E-state index in [0.29, 0.717) is 43.6 Å². The first kappa shape index (κ1) is 18.0. The summed E-state index contributed by atoms with van der Waals surface area (Å²) in [6.45, 7) is 4.77. The number of sulfonamides is 1. The van der Waals surface area contributed by atoms with E-state index in [9.17, 15) is 8.42 Å². The number of nitrogens with zero attached hydrogens (tertiary/aromatic N) is 2. The molecule has 0 amide bonds. The van der Waals surface area contributed by atoms with Crippen LogP contribution in [0.5, 0.6) is 0 Å². The zero-order valence-electron chi connectivity index (χ0n) is 13.3. The van der Waals surface area contributed by atoms with E-state index in [1.807, 2.05) is 31.2 Å². The molecule has 1 fully saturated rings. The second kappa shape index (κ2) is 8.52. The van der Waals surface area contributed by atoms with Crippen LogP contribution in [0.25, 0.3) is 0 Å². The maximum Gasteiger partial charge on any atom is 0.214 e. The Labute approximate surface area is 143 Å². The van der Waals surface area contributed by atoms with Crippen molar-refractivity contribution in [1.82, 2.24) is 14.9 Å². The first-order valence-corrected chi connectivity index (χ1v) is 9.75. The first-order valence-electron chi connectivity index (χ1n) is 7.76. The molecule has 1 aliphatic heterocycles. The molecular formula is C15H23ClN4O2S. The number of hydrogen-bond donors (Lipinski definition) is 2. The highest BCUT2D eigenvalue weighted by molar-refractivity contribution is 7.89. The van der Waals surface area contributed by atoms with Crippen LogP contribution in [0.2, 0.25) is 5.02 Å². The lowest BCUT2D eigenvalue weighted by Crippen LogP contribution is -2.42. The van der Waals surface area contributed by atoms with Crippen LogP contribution in [0, 0.1) is 0 Å². The molecule has 128 valence electrons. The maximum absolute atomic E-state index is 11.7. The standard InChI is InChI=1S/C15H23ClN4O2S/c1-2-17-15(19-12-13-6-3-4-7-14(13)16)18-8-10-20-9-5-11-23(20,21)22/h3-4,6-7H,2,5,8-12H2,1H3,(H2,17,18,19). The largest absolute Gasteiger partial charge is 0.357 e. The number of nitrogens with one attached hydrogen (secondary N) is 2. The molecule has 0 saturated carbocycles. The summed E-state index contributed by atoms with van der Waals surface area (Å²) in [5.41, 5.74) is 0.952. The molecule has 0 bridgehead atoms. The lowest BCUT2D eigenvalue weighted by Gasteiger charge is -2.16. The van der Waals surface area contributed by atoms with Crippen LogP contribution in [0.1, 0.15) is 18.9 Å².